The number of halogens is 1. The quantitative estimate of drug-likeness (QED) is 0.401. The summed E-state index contributed by atoms with van der Waals surface area (Å²) in [5.41, 5.74) is 7.00. The average molecular weight is 446 g/mol. The molecule has 3 aromatic heterocycles. The van der Waals surface area contributed by atoms with Gasteiger partial charge in [0.25, 0.3) is 0 Å². The lowest BCUT2D eigenvalue weighted by molar-refractivity contribution is -0.118. The molecule has 4 rings (SSSR count). The third-order valence-corrected chi connectivity index (χ3v) is 6.19. The maximum atomic E-state index is 11.3. The van der Waals surface area contributed by atoms with Crippen molar-refractivity contribution in [1.29, 1.82) is 0 Å². The zero-order valence-corrected chi connectivity index (χ0v) is 17.5. The topological polar surface area (TPSA) is 99.8 Å². The van der Waals surface area contributed by atoms with Crippen LogP contribution >= 0.6 is 34.7 Å². The van der Waals surface area contributed by atoms with Crippen LogP contribution in [0, 0.1) is 0 Å². The number of aromatic nitrogens is 4. The lowest BCUT2D eigenvalue weighted by atomic mass is 10.1. The molecule has 0 spiro atoms. The number of nitrogens with two attached hydrogens (primary N) is 1. The van der Waals surface area contributed by atoms with E-state index in [2.05, 4.69) is 15.4 Å². The highest BCUT2D eigenvalue weighted by molar-refractivity contribution is 7.98. The summed E-state index contributed by atoms with van der Waals surface area (Å²) < 4.78 is 7.37. The molecule has 0 unspecified atom stereocenters. The molecule has 0 fully saturated rings. The van der Waals surface area contributed by atoms with Crippen molar-refractivity contribution in [2.24, 2.45) is 5.73 Å². The molecule has 29 heavy (non-hydrogen) atoms. The first-order valence-corrected chi connectivity index (χ1v) is 10.9. The van der Waals surface area contributed by atoms with Crippen LogP contribution in [0.15, 0.2) is 57.5 Å². The highest BCUT2D eigenvalue weighted by atomic mass is 35.5. The van der Waals surface area contributed by atoms with Gasteiger partial charge in [0.05, 0.1) is 10.6 Å². The van der Waals surface area contributed by atoms with Crippen LogP contribution in [0.25, 0.3) is 22.0 Å². The maximum absolute atomic E-state index is 11.3. The third-order valence-electron chi connectivity index (χ3n) is 4.08. The molecule has 0 atom stereocenters. The zero-order valence-electron chi connectivity index (χ0n) is 15.1. The van der Waals surface area contributed by atoms with Crippen LogP contribution in [0.1, 0.15) is 12.2 Å². The van der Waals surface area contributed by atoms with E-state index in [0.29, 0.717) is 28.2 Å². The SMILES string of the molecule is NC(=O)CCn1c(SCc2cc(-c3ccc(Cl)cc3)no2)nnc1-c1cccs1. The number of hydrogen-bond donors (Lipinski definition) is 1. The van der Waals surface area contributed by atoms with Crippen LogP contribution in [-0.4, -0.2) is 25.8 Å². The molecule has 7 nitrogen and oxygen atoms in total. The summed E-state index contributed by atoms with van der Waals surface area (Å²) in [5.74, 6) is 1.60. The van der Waals surface area contributed by atoms with E-state index in [9.17, 15) is 4.79 Å². The van der Waals surface area contributed by atoms with Crippen molar-refractivity contribution in [2.45, 2.75) is 23.9 Å². The molecule has 10 heteroatoms. The second-order valence-electron chi connectivity index (χ2n) is 6.13. The molecule has 1 aromatic carbocycles. The van der Waals surface area contributed by atoms with Crippen LogP contribution in [0.3, 0.4) is 0 Å². The molecule has 3 heterocycles. The van der Waals surface area contributed by atoms with Gasteiger partial charge in [0, 0.05) is 29.6 Å². The zero-order chi connectivity index (χ0) is 20.2. The number of nitrogens with zero attached hydrogens (tertiary/aromatic N) is 4. The minimum absolute atomic E-state index is 0.215. The highest BCUT2D eigenvalue weighted by Crippen LogP contribution is 2.30. The van der Waals surface area contributed by atoms with Crippen LogP contribution in [0.2, 0.25) is 5.02 Å². The van der Waals surface area contributed by atoms with Gasteiger partial charge in [-0.2, -0.15) is 0 Å². The monoisotopic (exact) mass is 445 g/mol. The van der Waals surface area contributed by atoms with Gasteiger partial charge < -0.3 is 14.8 Å². The lowest BCUT2D eigenvalue weighted by Crippen LogP contribution is -2.14. The third kappa shape index (κ3) is 4.69. The first kappa shape index (κ1) is 19.7. The van der Waals surface area contributed by atoms with Crippen LogP contribution < -0.4 is 5.73 Å². The van der Waals surface area contributed by atoms with Gasteiger partial charge in [-0.05, 0) is 23.6 Å². The fraction of sp³-hybridized carbons (Fsp3) is 0.158. The van der Waals surface area contributed by atoms with E-state index in [1.807, 2.05) is 52.4 Å². The van der Waals surface area contributed by atoms with Gasteiger partial charge in [-0.25, -0.2) is 0 Å². The van der Waals surface area contributed by atoms with E-state index < -0.39 is 0 Å². The number of amides is 1. The van der Waals surface area contributed by atoms with Crippen molar-refractivity contribution in [1.82, 2.24) is 19.9 Å². The Balaban J connectivity index is 1.51. The number of carbonyl (C=O) groups excluding carboxylic acids is 1. The van der Waals surface area contributed by atoms with Gasteiger partial charge in [0.1, 0.15) is 11.5 Å². The molecule has 0 saturated heterocycles. The summed E-state index contributed by atoms with van der Waals surface area (Å²) in [5, 5.41) is 16.1. The van der Waals surface area contributed by atoms with Crippen molar-refractivity contribution < 1.29 is 9.32 Å². The van der Waals surface area contributed by atoms with Gasteiger partial charge in [-0.3, -0.25) is 4.79 Å². The van der Waals surface area contributed by atoms with E-state index in [1.54, 1.807) is 11.3 Å². The van der Waals surface area contributed by atoms with Crippen molar-refractivity contribution in [3.8, 4) is 22.0 Å². The number of thiophene rings is 1. The van der Waals surface area contributed by atoms with E-state index in [1.165, 1.54) is 11.8 Å². The molecule has 148 valence electrons. The van der Waals surface area contributed by atoms with E-state index in [-0.39, 0.29) is 12.3 Å². The van der Waals surface area contributed by atoms with Crippen LogP contribution in [0.4, 0.5) is 0 Å². The molecule has 0 aliphatic carbocycles. The Morgan fingerprint density at radius 2 is 2.07 bits per heavy atom. The van der Waals surface area contributed by atoms with Crippen molar-refractivity contribution >= 4 is 40.6 Å². The Labute approximate surface area is 179 Å². The maximum Gasteiger partial charge on any atom is 0.219 e. The number of carbonyl (C=O) groups is 1. The second kappa shape index (κ2) is 8.81. The first-order valence-electron chi connectivity index (χ1n) is 8.70. The van der Waals surface area contributed by atoms with E-state index in [0.717, 1.165) is 22.0 Å². The summed E-state index contributed by atoms with van der Waals surface area (Å²) >= 11 is 8.97. The highest BCUT2D eigenvalue weighted by Gasteiger charge is 2.17. The van der Waals surface area contributed by atoms with Crippen molar-refractivity contribution in [2.75, 3.05) is 0 Å². The number of hydrogen-bond acceptors (Lipinski definition) is 7. The molecule has 4 aromatic rings. The average Bonchev–Trinajstić information content (AvgIpc) is 3.45. The normalized spacial score (nSPS) is 11.1. The minimum atomic E-state index is -0.366. The Morgan fingerprint density at radius 3 is 2.79 bits per heavy atom. The van der Waals surface area contributed by atoms with Gasteiger partial charge >= 0.3 is 0 Å². The fourth-order valence-electron chi connectivity index (χ4n) is 2.68. The van der Waals surface area contributed by atoms with Gasteiger partial charge in [0.2, 0.25) is 5.91 Å². The van der Waals surface area contributed by atoms with Crippen LogP contribution in [-0.2, 0) is 17.1 Å². The summed E-state index contributed by atoms with van der Waals surface area (Å²) in [4.78, 5) is 12.3. The van der Waals surface area contributed by atoms with Gasteiger partial charge in [-0.15, -0.1) is 21.5 Å². The Hall–Kier alpha value is -2.62. The first-order chi connectivity index (χ1) is 14.1. The molecule has 1 amide bonds. The largest absolute Gasteiger partial charge is 0.370 e. The predicted octanol–water partition coefficient (Wildman–Crippen LogP) is 4.48. The molecule has 0 aliphatic heterocycles. The summed E-state index contributed by atoms with van der Waals surface area (Å²) in [6.07, 6.45) is 0.215. The number of primary amides is 1. The van der Waals surface area contributed by atoms with Crippen molar-refractivity contribution in [3.63, 3.8) is 0 Å². The minimum Gasteiger partial charge on any atom is -0.370 e. The molecular formula is C19H16ClN5O2S2. The van der Waals surface area contributed by atoms with Gasteiger partial charge in [-0.1, -0.05) is 46.7 Å². The second-order valence-corrected chi connectivity index (χ2v) is 8.45. The fourth-order valence-corrected chi connectivity index (χ4v) is 4.36. The Kier molecular flexibility index (Phi) is 5.98. The van der Waals surface area contributed by atoms with E-state index in [4.69, 9.17) is 21.9 Å². The molecule has 0 radical (unpaired) electrons. The lowest BCUT2D eigenvalue weighted by Gasteiger charge is -2.07. The number of rotatable bonds is 8. The predicted molar refractivity (Wildman–Crippen MR) is 114 cm³/mol. The van der Waals surface area contributed by atoms with Crippen LogP contribution in [0.5, 0.6) is 0 Å². The number of benzene rings is 1. The molecular weight excluding hydrogens is 430 g/mol. The van der Waals surface area contributed by atoms with E-state index >= 15 is 0 Å². The smallest absolute Gasteiger partial charge is 0.219 e. The molecule has 0 bridgehead atoms. The summed E-state index contributed by atoms with van der Waals surface area (Å²) in [6.45, 7) is 0.421. The standard InChI is InChI=1S/C19H16ClN5O2S2/c20-13-5-3-12(4-6-13)15-10-14(27-24-15)11-29-19-23-22-18(16-2-1-9-28-16)25(19)8-7-17(21)26/h1-6,9-10H,7-8,11H2,(H2,21,26). The Morgan fingerprint density at radius 1 is 1.24 bits per heavy atom. The number of thioether (sulfide) groups is 1. The van der Waals surface area contributed by atoms with Gasteiger partial charge in [0.15, 0.2) is 11.0 Å². The molecule has 0 aliphatic rings. The Bertz CT molecular complexity index is 1110. The summed E-state index contributed by atoms with van der Waals surface area (Å²) in [7, 11) is 0. The molecule has 2 N–H and O–H groups in total. The van der Waals surface area contributed by atoms with Crippen molar-refractivity contribution in [3.05, 3.63) is 58.6 Å². The summed E-state index contributed by atoms with van der Waals surface area (Å²) in [6, 6.07) is 13.2. The molecule has 0 saturated carbocycles.